The van der Waals surface area contributed by atoms with Gasteiger partial charge in [-0.15, -0.1) is 0 Å². The zero-order valence-corrected chi connectivity index (χ0v) is 23.4. The van der Waals surface area contributed by atoms with Crippen LogP contribution < -0.4 is 20.1 Å². The minimum Gasteiger partial charge on any atom is -0.493 e. The molecule has 2 N–H and O–H groups in total. The molecular formula is C30H34F4N4O3. The van der Waals surface area contributed by atoms with Gasteiger partial charge in [0.2, 0.25) is 0 Å². The van der Waals surface area contributed by atoms with E-state index in [0.29, 0.717) is 40.1 Å². The fourth-order valence-electron chi connectivity index (χ4n) is 4.80. The first kappa shape index (κ1) is 30.1. The first-order chi connectivity index (χ1) is 19.4. The number of benzene rings is 2. The van der Waals surface area contributed by atoms with E-state index < -0.39 is 24.9 Å². The summed E-state index contributed by atoms with van der Waals surface area (Å²) in [5.41, 5.74) is 1.46. The van der Waals surface area contributed by atoms with Gasteiger partial charge < -0.3 is 29.6 Å². The predicted octanol–water partition coefficient (Wildman–Crippen LogP) is 5.24. The summed E-state index contributed by atoms with van der Waals surface area (Å²) in [6, 6.07) is 10.8. The molecule has 11 heteroatoms. The van der Waals surface area contributed by atoms with Gasteiger partial charge in [0.25, 0.3) is 5.91 Å². The molecule has 0 saturated carbocycles. The van der Waals surface area contributed by atoms with Gasteiger partial charge in [-0.3, -0.25) is 4.79 Å². The van der Waals surface area contributed by atoms with E-state index in [1.807, 2.05) is 25.8 Å². The number of nitrogens with one attached hydrogen (secondary N) is 2. The lowest BCUT2D eigenvalue weighted by Crippen LogP contribution is -2.46. The Morgan fingerprint density at radius 2 is 1.95 bits per heavy atom. The largest absolute Gasteiger partial charge is 0.493 e. The molecule has 1 saturated heterocycles. The third-order valence-corrected chi connectivity index (χ3v) is 6.73. The molecular weight excluding hydrogens is 540 g/mol. The van der Waals surface area contributed by atoms with Crippen LogP contribution in [0.25, 0.3) is 10.9 Å². The van der Waals surface area contributed by atoms with Gasteiger partial charge >= 0.3 is 6.18 Å². The Kier molecular flexibility index (Phi) is 9.33. The van der Waals surface area contributed by atoms with E-state index in [2.05, 4.69) is 22.5 Å². The predicted molar refractivity (Wildman–Crippen MR) is 150 cm³/mol. The molecule has 220 valence electrons. The van der Waals surface area contributed by atoms with Crippen LogP contribution in [0, 0.1) is 11.8 Å². The number of halogens is 4. The second-order valence-electron chi connectivity index (χ2n) is 10.4. The van der Waals surface area contributed by atoms with Crippen LogP contribution in [0.3, 0.4) is 0 Å². The van der Waals surface area contributed by atoms with E-state index in [9.17, 15) is 22.4 Å². The summed E-state index contributed by atoms with van der Waals surface area (Å²) in [5, 5.41) is 6.54. The second kappa shape index (κ2) is 12.7. The highest BCUT2D eigenvalue weighted by atomic mass is 19.4. The maximum Gasteiger partial charge on any atom is 0.406 e. The molecule has 2 unspecified atom stereocenters. The Bertz CT molecular complexity index is 1440. The molecule has 2 aromatic carbocycles. The van der Waals surface area contributed by atoms with Crippen molar-refractivity contribution in [2.24, 2.45) is 0 Å². The SMILES string of the molecule is COc1cc(C(=O)NC(C)C)ccc1OCC#Cc1cc2c(NC3CCN(C)CC3F)cccc2n1CC(F)(F)F. The monoisotopic (exact) mass is 574 g/mol. The van der Waals surface area contributed by atoms with Crippen LogP contribution in [0.5, 0.6) is 11.5 Å². The quantitative estimate of drug-likeness (QED) is 0.285. The number of carbonyl (C=O) groups excluding carboxylic acids is 1. The van der Waals surface area contributed by atoms with Crippen molar-refractivity contribution >= 4 is 22.5 Å². The third-order valence-electron chi connectivity index (χ3n) is 6.73. The van der Waals surface area contributed by atoms with E-state index in [0.717, 1.165) is 11.1 Å². The summed E-state index contributed by atoms with van der Waals surface area (Å²) >= 11 is 0. The second-order valence-corrected chi connectivity index (χ2v) is 10.4. The number of piperidine rings is 1. The van der Waals surface area contributed by atoms with Crippen molar-refractivity contribution in [3.05, 3.63) is 53.7 Å². The van der Waals surface area contributed by atoms with Crippen LogP contribution in [0.2, 0.25) is 0 Å². The molecule has 1 aliphatic rings. The molecule has 0 spiro atoms. The van der Waals surface area contributed by atoms with Crippen molar-refractivity contribution in [2.45, 2.75) is 51.2 Å². The Balaban J connectivity index is 1.57. The Morgan fingerprint density at radius 1 is 1.17 bits per heavy atom. The highest BCUT2D eigenvalue weighted by molar-refractivity contribution is 5.95. The number of methoxy groups -OCH3 is 1. The van der Waals surface area contributed by atoms with E-state index in [1.165, 1.54) is 7.11 Å². The number of rotatable bonds is 8. The van der Waals surface area contributed by atoms with Gasteiger partial charge in [0.1, 0.15) is 19.3 Å². The number of ether oxygens (including phenoxy) is 2. The van der Waals surface area contributed by atoms with Crippen LogP contribution in [-0.4, -0.2) is 73.7 Å². The topological polar surface area (TPSA) is 67.8 Å². The standard InChI is InChI=1S/C30H34F4N4O3/c1-19(2)35-29(39)20-10-11-27(28(15-20)40-4)41-14-6-7-21-16-22-24(36-25-12-13-37(3)17-23(25)31)8-5-9-26(22)38(21)18-30(32,33)34/h5,8-11,15-16,19,23,25,36H,12-14,17-18H2,1-4H3,(H,35,39). The molecule has 1 amide bonds. The highest BCUT2D eigenvalue weighted by Gasteiger charge is 2.31. The minimum atomic E-state index is -4.47. The number of hydrogen-bond acceptors (Lipinski definition) is 5. The maximum absolute atomic E-state index is 14.7. The number of alkyl halides is 4. The molecule has 1 aromatic heterocycles. The number of amides is 1. The molecule has 2 atom stereocenters. The molecule has 0 bridgehead atoms. The molecule has 2 heterocycles. The molecule has 41 heavy (non-hydrogen) atoms. The smallest absolute Gasteiger partial charge is 0.406 e. The van der Waals surface area contributed by atoms with Gasteiger partial charge in [-0.2, -0.15) is 13.2 Å². The van der Waals surface area contributed by atoms with E-state index in [-0.39, 0.29) is 30.8 Å². The van der Waals surface area contributed by atoms with E-state index in [1.54, 1.807) is 42.5 Å². The average molecular weight is 575 g/mol. The van der Waals surface area contributed by atoms with Crippen molar-refractivity contribution in [3.63, 3.8) is 0 Å². The number of likely N-dealkylation sites (tertiary alicyclic amines) is 1. The van der Waals surface area contributed by atoms with Crippen molar-refractivity contribution in [3.8, 4) is 23.3 Å². The summed E-state index contributed by atoms with van der Waals surface area (Å²) in [4.78, 5) is 14.2. The molecule has 3 aromatic rings. The normalized spacial score (nSPS) is 17.7. The van der Waals surface area contributed by atoms with Gasteiger partial charge in [-0.1, -0.05) is 12.0 Å². The minimum absolute atomic E-state index is 0.0330. The van der Waals surface area contributed by atoms with Crippen molar-refractivity contribution in [1.82, 2.24) is 14.8 Å². The zero-order chi connectivity index (χ0) is 29.7. The summed E-state index contributed by atoms with van der Waals surface area (Å²) in [7, 11) is 3.29. The van der Waals surface area contributed by atoms with Crippen molar-refractivity contribution < 1.29 is 31.8 Å². The van der Waals surface area contributed by atoms with Gasteiger partial charge in [0, 0.05) is 35.8 Å². The fraction of sp³-hybridized carbons (Fsp3) is 0.433. The lowest BCUT2D eigenvalue weighted by molar-refractivity contribution is -0.140. The average Bonchev–Trinajstić information content (AvgIpc) is 3.24. The van der Waals surface area contributed by atoms with Crippen LogP contribution in [0.1, 0.15) is 36.3 Å². The van der Waals surface area contributed by atoms with Crippen LogP contribution in [0.4, 0.5) is 23.2 Å². The fourth-order valence-corrected chi connectivity index (χ4v) is 4.80. The van der Waals surface area contributed by atoms with Crippen molar-refractivity contribution in [1.29, 1.82) is 0 Å². The van der Waals surface area contributed by atoms with Crippen LogP contribution in [0.15, 0.2) is 42.5 Å². The zero-order valence-electron chi connectivity index (χ0n) is 23.4. The molecule has 4 rings (SSSR count). The number of fused-ring (bicyclic) bond motifs is 1. The molecule has 0 aliphatic carbocycles. The number of carbonyl (C=O) groups is 1. The maximum atomic E-state index is 14.7. The summed E-state index contributed by atoms with van der Waals surface area (Å²) < 4.78 is 67.4. The Hall–Kier alpha value is -3.91. The molecule has 0 radical (unpaired) electrons. The summed E-state index contributed by atoms with van der Waals surface area (Å²) in [6.07, 6.45) is -5.00. The van der Waals surface area contributed by atoms with Crippen LogP contribution in [-0.2, 0) is 6.54 Å². The van der Waals surface area contributed by atoms with Crippen LogP contribution >= 0.6 is 0 Å². The van der Waals surface area contributed by atoms with Gasteiger partial charge in [-0.05, 0) is 69.6 Å². The van der Waals surface area contributed by atoms with E-state index in [4.69, 9.17) is 9.47 Å². The summed E-state index contributed by atoms with van der Waals surface area (Å²) in [6.45, 7) is 3.36. The van der Waals surface area contributed by atoms with Gasteiger partial charge in [0.15, 0.2) is 11.5 Å². The molecule has 1 aliphatic heterocycles. The molecule has 7 nitrogen and oxygen atoms in total. The summed E-state index contributed by atoms with van der Waals surface area (Å²) in [5.74, 6) is 5.99. The lowest BCUT2D eigenvalue weighted by atomic mass is 10.0. The lowest BCUT2D eigenvalue weighted by Gasteiger charge is -2.33. The van der Waals surface area contributed by atoms with E-state index >= 15 is 0 Å². The highest BCUT2D eigenvalue weighted by Crippen LogP contribution is 2.32. The molecule has 1 fully saturated rings. The number of aromatic nitrogens is 1. The number of nitrogens with zero attached hydrogens (tertiary/aromatic N) is 2. The Morgan fingerprint density at radius 3 is 2.63 bits per heavy atom. The number of hydrogen-bond donors (Lipinski definition) is 2. The first-order valence-corrected chi connectivity index (χ1v) is 13.3. The Labute approximate surface area is 236 Å². The van der Waals surface area contributed by atoms with Gasteiger partial charge in [-0.25, -0.2) is 4.39 Å². The first-order valence-electron chi connectivity index (χ1n) is 13.3. The van der Waals surface area contributed by atoms with Gasteiger partial charge in [0.05, 0.1) is 24.4 Å². The third kappa shape index (κ3) is 7.64. The van der Waals surface area contributed by atoms with Crippen molar-refractivity contribution in [2.75, 3.05) is 39.2 Å². The number of anilines is 1.